The minimum absolute atomic E-state index is 0.0852. The molecule has 0 spiro atoms. The Morgan fingerprint density at radius 3 is 2.50 bits per heavy atom. The summed E-state index contributed by atoms with van der Waals surface area (Å²) < 4.78 is 0.996. The zero-order valence-electron chi connectivity index (χ0n) is 18.0. The lowest BCUT2D eigenvalue weighted by atomic mass is 10.1. The van der Waals surface area contributed by atoms with Crippen LogP contribution in [0.5, 0.6) is 0 Å². The van der Waals surface area contributed by atoms with Crippen molar-refractivity contribution < 1.29 is 4.79 Å². The van der Waals surface area contributed by atoms with Crippen molar-refractivity contribution in [3.05, 3.63) is 85.8 Å². The molecule has 0 saturated heterocycles. The largest absolute Gasteiger partial charge is 0.378 e. The average molecular weight is 449 g/mol. The summed E-state index contributed by atoms with van der Waals surface area (Å²) in [7, 11) is 3.89. The predicted octanol–water partition coefficient (Wildman–Crippen LogP) is 3.20. The number of amides is 1. The van der Waals surface area contributed by atoms with Gasteiger partial charge in [-0.2, -0.15) is 20.1 Å². The van der Waals surface area contributed by atoms with E-state index in [9.17, 15) is 14.9 Å². The molecule has 0 radical (unpaired) electrons. The van der Waals surface area contributed by atoms with Gasteiger partial charge in [-0.25, -0.2) is 5.43 Å². The highest BCUT2D eigenvalue weighted by molar-refractivity contribution is 6.31. The van der Waals surface area contributed by atoms with Gasteiger partial charge < -0.3 is 4.90 Å². The van der Waals surface area contributed by atoms with Gasteiger partial charge in [-0.3, -0.25) is 9.59 Å². The van der Waals surface area contributed by atoms with Crippen LogP contribution in [-0.2, 0) is 0 Å². The van der Waals surface area contributed by atoms with Crippen molar-refractivity contribution in [1.29, 1.82) is 5.26 Å². The topological polar surface area (TPSA) is 103 Å². The van der Waals surface area contributed by atoms with Crippen LogP contribution >= 0.6 is 11.6 Å². The first-order valence-corrected chi connectivity index (χ1v) is 10.0. The summed E-state index contributed by atoms with van der Waals surface area (Å²) in [5.74, 6) is -0.646. The van der Waals surface area contributed by atoms with E-state index in [1.54, 1.807) is 18.2 Å². The van der Waals surface area contributed by atoms with Crippen molar-refractivity contribution in [3.63, 3.8) is 0 Å². The number of nitriles is 1. The number of benzene rings is 2. The quantitative estimate of drug-likeness (QED) is 0.476. The molecule has 0 unspecified atom stereocenters. The Labute approximate surface area is 190 Å². The molecule has 8 nitrogen and oxygen atoms in total. The van der Waals surface area contributed by atoms with Crippen LogP contribution in [0, 0.1) is 25.2 Å². The molecule has 1 heterocycles. The second-order valence-corrected chi connectivity index (χ2v) is 7.70. The molecule has 1 amide bonds. The molecular weight excluding hydrogens is 428 g/mol. The summed E-state index contributed by atoms with van der Waals surface area (Å²) in [5, 5.41) is 18.1. The Morgan fingerprint density at radius 2 is 1.91 bits per heavy atom. The Kier molecular flexibility index (Phi) is 6.71. The van der Waals surface area contributed by atoms with Crippen LogP contribution < -0.4 is 15.9 Å². The van der Waals surface area contributed by atoms with Gasteiger partial charge in [0, 0.05) is 30.4 Å². The predicted molar refractivity (Wildman–Crippen MR) is 125 cm³/mol. The summed E-state index contributed by atoms with van der Waals surface area (Å²) >= 11 is 6.17. The Hall–Kier alpha value is -3.96. The van der Waals surface area contributed by atoms with E-state index in [1.165, 1.54) is 13.1 Å². The summed E-state index contributed by atoms with van der Waals surface area (Å²) in [6.07, 6.45) is 1.49. The molecule has 0 saturated carbocycles. The molecule has 0 aliphatic heterocycles. The minimum atomic E-state index is -0.646. The molecule has 0 atom stereocenters. The van der Waals surface area contributed by atoms with E-state index >= 15 is 0 Å². The van der Waals surface area contributed by atoms with Gasteiger partial charge >= 0.3 is 0 Å². The molecule has 2 aromatic carbocycles. The van der Waals surface area contributed by atoms with Crippen molar-refractivity contribution in [2.24, 2.45) is 5.10 Å². The van der Waals surface area contributed by atoms with Gasteiger partial charge in [0.1, 0.15) is 11.6 Å². The van der Waals surface area contributed by atoms with Crippen molar-refractivity contribution in [2.45, 2.75) is 13.8 Å². The van der Waals surface area contributed by atoms with Gasteiger partial charge in [0.2, 0.25) is 0 Å². The van der Waals surface area contributed by atoms with Crippen LogP contribution in [0.3, 0.4) is 0 Å². The van der Waals surface area contributed by atoms with E-state index in [2.05, 4.69) is 15.6 Å². The lowest BCUT2D eigenvalue weighted by Crippen LogP contribution is -2.31. The van der Waals surface area contributed by atoms with Gasteiger partial charge in [0.25, 0.3) is 11.5 Å². The maximum absolute atomic E-state index is 12.7. The van der Waals surface area contributed by atoms with Crippen molar-refractivity contribution in [3.8, 4) is 11.8 Å². The van der Waals surface area contributed by atoms with Gasteiger partial charge in [0.15, 0.2) is 5.69 Å². The molecule has 9 heteroatoms. The number of hydrogen-bond donors (Lipinski definition) is 1. The van der Waals surface area contributed by atoms with Crippen LogP contribution in [0.1, 0.15) is 32.7 Å². The van der Waals surface area contributed by atoms with Crippen molar-refractivity contribution in [2.75, 3.05) is 19.0 Å². The SMILES string of the molecule is Cc1ccc(-n2nc(C(=O)N/N=C/c3ccc(N(C)C)cc3)c(C)c(C#N)c2=O)cc1Cl. The third-order valence-corrected chi connectivity index (χ3v) is 5.26. The maximum Gasteiger partial charge on any atom is 0.292 e. The number of anilines is 1. The standard InChI is InChI=1S/C23H21ClN6O2/c1-14-5-8-18(11-20(14)24)30-23(32)19(12-25)15(2)21(28-30)22(31)27-26-13-16-6-9-17(10-7-16)29(3)4/h5-11,13H,1-4H3,(H,27,31)/b26-13+. The second kappa shape index (κ2) is 9.45. The van der Waals surface area contributed by atoms with E-state index in [0.717, 1.165) is 21.5 Å². The lowest BCUT2D eigenvalue weighted by Gasteiger charge is -2.12. The first kappa shape index (κ1) is 22.7. The summed E-state index contributed by atoms with van der Waals surface area (Å²) in [5.41, 5.74) is 4.68. The van der Waals surface area contributed by atoms with Crippen molar-refractivity contribution in [1.82, 2.24) is 15.2 Å². The summed E-state index contributed by atoms with van der Waals surface area (Å²) in [6, 6.07) is 14.4. The molecule has 32 heavy (non-hydrogen) atoms. The van der Waals surface area contributed by atoms with E-state index in [-0.39, 0.29) is 16.8 Å². The number of halogens is 1. The van der Waals surface area contributed by atoms with E-state index in [4.69, 9.17) is 11.6 Å². The van der Waals surface area contributed by atoms with Crippen LogP contribution in [0.4, 0.5) is 5.69 Å². The van der Waals surface area contributed by atoms with E-state index < -0.39 is 11.5 Å². The lowest BCUT2D eigenvalue weighted by molar-refractivity contribution is 0.0947. The first-order chi connectivity index (χ1) is 15.2. The molecule has 3 aromatic rings. The highest BCUT2D eigenvalue weighted by Crippen LogP contribution is 2.19. The van der Waals surface area contributed by atoms with Gasteiger partial charge in [-0.05, 0) is 49.2 Å². The van der Waals surface area contributed by atoms with Gasteiger partial charge in [-0.15, -0.1) is 0 Å². The summed E-state index contributed by atoms with van der Waals surface area (Å²) in [4.78, 5) is 27.4. The number of carbonyl (C=O) groups is 1. The van der Waals surface area contributed by atoms with Crippen LogP contribution in [0.2, 0.25) is 5.02 Å². The Bertz CT molecular complexity index is 1300. The first-order valence-electron chi connectivity index (χ1n) is 9.64. The Morgan fingerprint density at radius 1 is 1.22 bits per heavy atom. The molecule has 0 aliphatic rings. The average Bonchev–Trinajstić information content (AvgIpc) is 2.76. The number of hydrazone groups is 1. The van der Waals surface area contributed by atoms with E-state index in [1.807, 2.05) is 56.3 Å². The monoisotopic (exact) mass is 448 g/mol. The highest BCUT2D eigenvalue weighted by Gasteiger charge is 2.20. The molecule has 162 valence electrons. The number of rotatable bonds is 5. The smallest absolute Gasteiger partial charge is 0.292 e. The second-order valence-electron chi connectivity index (χ2n) is 7.30. The highest BCUT2D eigenvalue weighted by atomic mass is 35.5. The molecule has 0 bridgehead atoms. The number of nitrogens with one attached hydrogen (secondary N) is 1. The number of hydrogen-bond acceptors (Lipinski definition) is 6. The third kappa shape index (κ3) is 4.68. The number of carbonyl (C=O) groups excluding carboxylic acids is 1. The number of nitrogens with zero attached hydrogens (tertiary/aromatic N) is 5. The van der Waals surface area contributed by atoms with Gasteiger partial charge in [-0.1, -0.05) is 29.8 Å². The fourth-order valence-electron chi connectivity index (χ4n) is 2.92. The molecule has 1 N–H and O–H groups in total. The van der Waals surface area contributed by atoms with Crippen LogP contribution in [0.25, 0.3) is 5.69 Å². The fourth-order valence-corrected chi connectivity index (χ4v) is 3.09. The summed E-state index contributed by atoms with van der Waals surface area (Å²) in [6.45, 7) is 3.32. The number of aromatic nitrogens is 2. The molecule has 0 aliphatic carbocycles. The van der Waals surface area contributed by atoms with Crippen LogP contribution in [-0.4, -0.2) is 36.0 Å². The fraction of sp³-hybridized carbons (Fsp3) is 0.174. The van der Waals surface area contributed by atoms with Crippen LogP contribution in [0.15, 0.2) is 52.4 Å². The Balaban J connectivity index is 1.92. The maximum atomic E-state index is 12.7. The molecule has 3 rings (SSSR count). The van der Waals surface area contributed by atoms with Gasteiger partial charge in [0.05, 0.1) is 11.9 Å². The zero-order valence-corrected chi connectivity index (χ0v) is 18.8. The zero-order chi connectivity index (χ0) is 23.4. The minimum Gasteiger partial charge on any atom is -0.378 e. The molecule has 0 fully saturated rings. The van der Waals surface area contributed by atoms with E-state index in [0.29, 0.717) is 10.7 Å². The normalized spacial score (nSPS) is 10.8. The third-order valence-electron chi connectivity index (χ3n) is 4.85. The molecule has 1 aromatic heterocycles. The number of aryl methyl sites for hydroxylation is 1. The molecular formula is C23H21ClN6O2. The van der Waals surface area contributed by atoms with Crippen molar-refractivity contribution >= 4 is 29.4 Å².